The summed E-state index contributed by atoms with van der Waals surface area (Å²) in [5, 5.41) is 24.2. The highest BCUT2D eigenvalue weighted by Crippen LogP contribution is 2.32. The van der Waals surface area contributed by atoms with Crippen LogP contribution in [0.15, 0.2) is 66.7 Å². The minimum absolute atomic E-state index is 0. The average molecular weight is 503 g/mol. The number of hydrogen-bond acceptors (Lipinski definition) is 7. The van der Waals surface area contributed by atoms with Crippen LogP contribution in [0.5, 0.6) is 17.2 Å². The van der Waals surface area contributed by atoms with Crippen molar-refractivity contribution in [3.63, 3.8) is 0 Å². The van der Waals surface area contributed by atoms with Crippen molar-refractivity contribution in [1.29, 1.82) is 0 Å². The summed E-state index contributed by atoms with van der Waals surface area (Å²) in [4.78, 5) is 0. The molecule has 0 aliphatic rings. The second-order valence-electron chi connectivity index (χ2n) is 7.93. The lowest BCUT2D eigenvalue weighted by Gasteiger charge is -2.23. The SMILES string of the molecule is C.COc1ccc([C@H](Cc2ccccc2)NC[C@H](O)c2ccc(O)c(NS(C)(=O)=O)c2)cc1OC. The highest BCUT2D eigenvalue weighted by Gasteiger charge is 2.18. The minimum Gasteiger partial charge on any atom is -0.506 e. The summed E-state index contributed by atoms with van der Waals surface area (Å²) in [6, 6.07) is 19.8. The van der Waals surface area contributed by atoms with Crippen LogP contribution in [0.4, 0.5) is 5.69 Å². The van der Waals surface area contributed by atoms with Crippen molar-refractivity contribution in [2.45, 2.75) is 26.0 Å². The summed E-state index contributed by atoms with van der Waals surface area (Å²) in [5.74, 6) is 1.01. The summed E-state index contributed by atoms with van der Waals surface area (Å²) in [5.41, 5.74) is 2.55. The van der Waals surface area contributed by atoms with E-state index in [1.165, 1.54) is 12.1 Å². The van der Waals surface area contributed by atoms with E-state index in [9.17, 15) is 18.6 Å². The number of ether oxygens (including phenoxy) is 2. The van der Waals surface area contributed by atoms with Gasteiger partial charge in [-0.2, -0.15) is 0 Å². The first-order chi connectivity index (χ1) is 16.2. The topological polar surface area (TPSA) is 117 Å². The molecule has 0 aromatic heterocycles. The Balaban J connectivity index is 0.00000432. The van der Waals surface area contributed by atoms with Crippen molar-refractivity contribution >= 4 is 15.7 Å². The smallest absolute Gasteiger partial charge is 0.229 e. The number of aliphatic hydroxyl groups excluding tert-OH is 1. The van der Waals surface area contributed by atoms with Crippen molar-refractivity contribution in [3.05, 3.63) is 83.4 Å². The van der Waals surface area contributed by atoms with Gasteiger partial charge in [0.15, 0.2) is 11.5 Å². The second-order valence-corrected chi connectivity index (χ2v) is 9.68. The van der Waals surface area contributed by atoms with E-state index in [1.807, 2.05) is 48.5 Å². The lowest BCUT2D eigenvalue weighted by molar-refractivity contribution is 0.169. The fourth-order valence-electron chi connectivity index (χ4n) is 3.64. The normalized spacial score (nSPS) is 12.8. The molecular formula is C26H34N2O6S. The van der Waals surface area contributed by atoms with E-state index in [1.54, 1.807) is 20.3 Å². The molecule has 0 amide bonds. The summed E-state index contributed by atoms with van der Waals surface area (Å²) >= 11 is 0. The lowest BCUT2D eigenvalue weighted by Crippen LogP contribution is -2.28. The van der Waals surface area contributed by atoms with Crippen LogP contribution >= 0.6 is 0 Å². The number of benzene rings is 3. The second kappa shape index (κ2) is 12.4. The zero-order chi connectivity index (χ0) is 24.7. The monoisotopic (exact) mass is 502 g/mol. The van der Waals surface area contributed by atoms with E-state index >= 15 is 0 Å². The van der Waals surface area contributed by atoms with E-state index in [0.29, 0.717) is 23.5 Å². The Morgan fingerprint density at radius 1 is 0.914 bits per heavy atom. The predicted octanol–water partition coefficient (Wildman–Crippen LogP) is 4.02. The maximum absolute atomic E-state index is 11.6. The number of sulfonamides is 1. The van der Waals surface area contributed by atoms with Gasteiger partial charge in [0.05, 0.1) is 32.3 Å². The van der Waals surface area contributed by atoms with Crippen LogP contribution in [-0.4, -0.2) is 45.7 Å². The maximum atomic E-state index is 11.6. The van der Waals surface area contributed by atoms with Gasteiger partial charge < -0.3 is 25.0 Å². The quantitative estimate of drug-likeness (QED) is 0.293. The number of phenolic OH excluding ortho intramolecular Hbond substituents is 1. The Morgan fingerprint density at radius 2 is 1.57 bits per heavy atom. The number of aliphatic hydroxyl groups is 1. The Morgan fingerprint density at radius 3 is 2.20 bits per heavy atom. The van der Waals surface area contributed by atoms with Gasteiger partial charge in [-0.1, -0.05) is 49.9 Å². The lowest BCUT2D eigenvalue weighted by atomic mass is 9.97. The van der Waals surface area contributed by atoms with Gasteiger partial charge in [-0.25, -0.2) is 8.42 Å². The van der Waals surface area contributed by atoms with Crippen molar-refractivity contribution in [1.82, 2.24) is 5.32 Å². The van der Waals surface area contributed by atoms with Crippen LogP contribution in [0.25, 0.3) is 0 Å². The van der Waals surface area contributed by atoms with E-state index in [4.69, 9.17) is 9.47 Å². The highest BCUT2D eigenvalue weighted by atomic mass is 32.2. The van der Waals surface area contributed by atoms with Crippen LogP contribution in [0.3, 0.4) is 0 Å². The molecule has 0 saturated heterocycles. The maximum Gasteiger partial charge on any atom is 0.229 e. The highest BCUT2D eigenvalue weighted by molar-refractivity contribution is 7.92. The van der Waals surface area contributed by atoms with Crippen molar-refractivity contribution in [2.24, 2.45) is 0 Å². The summed E-state index contributed by atoms with van der Waals surface area (Å²) < 4.78 is 36.2. The van der Waals surface area contributed by atoms with E-state index in [0.717, 1.165) is 17.4 Å². The van der Waals surface area contributed by atoms with E-state index < -0.39 is 16.1 Å². The van der Waals surface area contributed by atoms with Crippen molar-refractivity contribution in [3.8, 4) is 17.2 Å². The molecule has 0 spiro atoms. The Hall–Kier alpha value is -3.27. The van der Waals surface area contributed by atoms with E-state index in [2.05, 4.69) is 10.0 Å². The fourth-order valence-corrected chi connectivity index (χ4v) is 4.20. The number of nitrogens with one attached hydrogen (secondary N) is 2. The number of methoxy groups -OCH3 is 2. The summed E-state index contributed by atoms with van der Waals surface area (Å²) in [7, 11) is -0.417. The fraction of sp³-hybridized carbons (Fsp3) is 0.308. The zero-order valence-corrected chi connectivity index (χ0v) is 20.2. The molecule has 2 atom stereocenters. The third-order valence-electron chi connectivity index (χ3n) is 5.35. The van der Waals surface area contributed by atoms with E-state index in [-0.39, 0.29) is 31.5 Å². The summed E-state index contributed by atoms with van der Waals surface area (Å²) in [6.07, 6.45) is 0.715. The molecule has 3 rings (SSSR count). The molecular weight excluding hydrogens is 468 g/mol. The third kappa shape index (κ3) is 7.88. The molecule has 0 radical (unpaired) electrons. The van der Waals surface area contributed by atoms with Gasteiger partial charge in [-0.15, -0.1) is 0 Å². The third-order valence-corrected chi connectivity index (χ3v) is 5.94. The van der Waals surface area contributed by atoms with Gasteiger partial charge >= 0.3 is 0 Å². The van der Waals surface area contributed by atoms with Crippen molar-refractivity contribution < 1.29 is 28.1 Å². The number of rotatable bonds is 11. The molecule has 0 aliphatic carbocycles. The van der Waals surface area contributed by atoms with Crippen LogP contribution in [0, 0.1) is 0 Å². The molecule has 190 valence electrons. The molecule has 8 nitrogen and oxygen atoms in total. The number of hydrogen-bond donors (Lipinski definition) is 4. The summed E-state index contributed by atoms with van der Waals surface area (Å²) in [6.45, 7) is 0.189. The number of phenols is 1. The molecule has 0 aliphatic heterocycles. The molecule has 9 heteroatoms. The van der Waals surface area contributed by atoms with Gasteiger partial charge in [0, 0.05) is 12.6 Å². The molecule has 3 aromatic rings. The molecule has 3 aromatic carbocycles. The van der Waals surface area contributed by atoms with Crippen LogP contribution in [0.1, 0.15) is 36.3 Å². The Bertz CT molecular complexity index is 1200. The molecule has 0 heterocycles. The molecule has 4 N–H and O–H groups in total. The Labute approximate surface area is 207 Å². The van der Waals surface area contributed by atoms with Crippen LogP contribution < -0.4 is 19.5 Å². The number of anilines is 1. The predicted molar refractivity (Wildman–Crippen MR) is 139 cm³/mol. The molecule has 0 bridgehead atoms. The molecule has 35 heavy (non-hydrogen) atoms. The largest absolute Gasteiger partial charge is 0.506 e. The van der Waals surface area contributed by atoms with Crippen LogP contribution in [0.2, 0.25) is 0 Å². The van der Waals surface area contributed by atoms with Crippen LogP contribution in [-0.2, 0) is 16.4 Å². The molecule has 0 saturated carbocycles. The van der Waals surface area contributed by atoms with Gasteiger partial charge in [0.2, 0.25) is 10.0 Å². The first kappa shape index (κ1) is 28.0. The first-order valence-electron chi connectivity index (χ1n) is 10.7. The van der Waals surface area contributed by atoms with Crippen molar-refractivity contribution in [2.75, 3.05) is 31.7 Å². The standard InChI is InChI=1S/C25H30N2O6S.CH4/c1-32-24-12-10-18(15-25(24)33-2)20(13-17-7-5-4-6-8-17)26-16-23(29)19-9-11-22(28)21(14-19)27-34(3,30)31;/h4-12,14-15,20,23,26-29H,13,16H2,1-3H3;1H4/t20-,23-;/m0./s1. The molecule has 0 fully saturated rings. The van der Waals surface area contributed by atoms with Gasteiger partial charge in [0.1, 0.15) is 5.75 Å². The van der Waals surface area contributed by atoms with Gasteiger partial charge in [0.25, 0.3) is 0 Å². The zero-order valence-electron chi connectivity index (χ0n) is 19.4. The van der Waals surface area contributed by atoms with Gasteiger partial charge in [-0.3, -0.25) is 4.72 Å². The Kier molecular flexibility index (Phi) is 9.94. The number of aromatic hydroxyl groups is 1. The minimum atomic E-state index is -3.58. The molecule has 0 unspecified atom stereocenters. The first-order valence-corrected chi connectivity index (χ1v) is 12.6. The average Bonchev–Trinajstić information content (AvgIpc) is 2.82. The van der Waals surface area contributed by atoms with Gasteiger partial charge in [-0.05, 0) is 47.4 Å².